The summed E-state index contributed by atoms with van der Waals surface area (Å²) in [6, 6.07) is 4.80. The van der Waals surface area contributed by atoms with Crippen LogP contribution >= 0.6 is 11.6 Å². The molecule has 2 saturated heterocycles. The third-order valence-corrected chi connectivity index (χ3v) is 6.76. The fraction of sp³-hybridized carbons (Fsp3) is 0.480. The number of hydrogen-bond donors (Lipinski definition) is 1. The van der Waals surface area contributed by atoms with Gasteiger partial charge in [0.2, 0.25) is 0 Å². The molecule has 1 aromatic carbocycles. The Morgan fingerprint density at radius 2 is 2.06 bits per heavy atom. The fourth-order valence-electron chi connectivity index (χ4n) is 4.63. The Morgan fingerprint density at radius 1 is 1.24 bits per heavy atom. The molecular weight excluding hydrogens is 459 g/mol. The maximum Gasteiger partial charge on any atom is 0.257 e. The van der Waals surface area contributed by atoms with Crippen molar-refractivity contribution in [3.8, 4) is 0 Å². The molecule has 182 valence electrons. The van der Waals surface area contributed by atoms with Gasteiger partial charge in [0.1, 0.15) is 11.9 Å². The van der Waals surface area contributed by atoms with E-state index in [4.69, 9.17) is 16.3 Å². The van der Waals surface area contributed by atoms with Gasteiger partial charge in [-0.3, -0.25) is 19.5 Å². The van der Waals surface area contributed by atoms with Crippen LogP contribution in [0.25, 0.3) is 0 Å². The minimum atomic E-state index is -0.571. The number of carbonyl (C=O) groups is 2. The molecule has 9 heteroatoms. The lowest BCUT2D eigenvalue weighted by Gasteiger charge is -2.41. The number of piperazine rings is 1. The molecule has 1 aromatic heterocycles. The molecule has 0 bridgehead atoms. The van der Waals surface area contributed by atoms with Gasteiger partial charge in [0.15, 0.2) is 0 Å². The number of pyridine rings is 1. The van der Waals surface area contributed by atoms with Crippen LogP contribution in [0.1, 0.15) is 47.7 Å². The highest BCUT2D eigenvalue weighted by molar-refractivity contribution is 6.31. The quantitative estimate of drug-likeness (QED) is 0.687. The van der Waals surface area contributed by atoms with Crippen molar-refractivity contribution in [3.63, 3.8) is 0 Å². The minimum Gasteiger partial charge on any atom is -0.368 e. The molecule has 2 aromatic rings. The van der Waals surface area contributed by atoms with Crippen molar-refractivity contribution >= 4 is 29.1 Å². The molecule has 2 fully saturated rings. The van der Waals surface area contributed by atoms with Gasteiger partial charge in [0.25, 0.3) is 11.8 Å². The highest BCUT2D eigenvalue weighted by Gasteiger charge is 2.33. The van der Waals surface area contributed by atoms with Crippen molar-refractivity contribution in [2.45, 2.75) is 51.8 Å². The second kappa shape index (κ2) is 10.8. The van der Waals surface area contributed by atoms with E-state index < -0.39 is 11.7 Å². The van der Waals surface area contributed by atoms with Crippen LogP contribution in [-0.2, 0) is 16.1 Å². The van der Waals surface area contributed by atoms with Crippen LogP contribution in [0.4, 0.5) is 10.1 Å². The Balaban J connectivity index is 1.41. The van der Waals surface area contributed by atoms with Crippen LogP contribution in [-0.4, -0.2) is 65.0 Å². The topological polar surface area (TPSA) is 74.8 Å². The van der Waals surface area contributed by atoms with Crippen LogP contribution in [0.15, 0.2) is 30.6 Å². The Labute approximate surface area is 204 Å². The number of benzene rings is 1. The Morgan fingerprint density at radius 3 is 2.76 bits per heavy atom. The number of amides is 2. The molecule has 2 aliphatic heterocycles. The summed E-state index contributed by atoms with van der Waals surface area (Å²) < 4.78 is 19.1. The van der Waals surface area contributed by atoms with Crippen molar-refractivity contribution < 1.29 is 18.7 Å². The van der Waals surface area contributed by atoms with E-state index in [1.54, 1.807) is 6.07 Å². The van der Waals surface area contributed by atoms with Gasteiger partial charge in [-0.15, -0.1) is 0 Å². The van der Waals surface area contributed by atoms with Crippen LogP contribution < -0.4 is 5.32 Å². The number of halogens is 2. The number of ether oxygens (including phenoxy) is 1. The molecule has 2 atom stereocenters. The van der Waals surface area contributed by atoms with Gasteiger partial charge < -0.3 is 15.0 Å². The Bertz CT molecular complexity index is 1060. The molecule has 0 radical (unpaired) electrons. The maximum atomic E-state index is 13.4. The highest BCUT2D eigenvalue weighted by Crippen LogP contribution is 2.27. The molecule has 2 amide bonds. The standard InChI is InChI=1S/C25H30ClFN4O3/c1-16-14-30(6-7-31(16)25(33)23-5-3-4-8-34-23)15-19-9-20(26)11-22(17(19)2)29-24(32)18-10-21(27)13-28-12-18/h9-13,16,23H,3-8,14-15H2,1-2H3,(H,29,32). The third-order valence-electron chi connectivity index (χ3n) is 6.54. The van der Waals surface area contributed by atoms with E-state index in [0.29, 0.717) is 30.4 Å². The SMILES string of the molecule is Cc1c(CN2CCN(C(=O)C3CCCCO3)C(C)C2)cc(Cl)cc1NC(=O)c1cncc(F)c1. The first kappa shape index (κ1) is 24.6. The van der Waals surface area contributed by atoms with E-state index in [1.165, 1.54) is 6.20 Å². The van der Waals surface area contributed by atoms with Crippen LogP contribution in [0.5, 0.6) is 0 Å². The van der Waals surface area contributed by atoms with Crippen molar-refractivity contribution in [3.05, 3.63) is 58.1 Å². The van der Waals surface area contributed by atoms with Gasteiger partial charge in [-0.1, -0.05) is 11.6 Å². The number of carbonyl (C=O) groups excluding carboxylic acids is 2. The third kappa shape index (κ3) is 5.74. The molecule has 2 unspecified atom stereocenters. The molecule has 34 heavy (non-hydrogen) atoms. The van der Waals surface area contributed by atoms with E-state index in [0.717, 1.165) is 55.7 Å². The number of nitrogens with zero attached hydrogens (tertiary/aromatic N) is 3. The molecule has 3 heterocycles. The number of nitrogens with one attached hydrogen (secondary N) is 1. The summed E-state index contributed by atoms with van der Waals surface area (Å²) in [4.78, 5) is 33.5. The maximum absolute atomic E-state index is 13.4. The zero-order valence-corrected chi connectivity index (χ0v) is 20.3. The first-order valence-corrected chi connectivity index (χ1v) is 12.0. The summed E-state index contributed by atoms with van der Waals surface area (Å²) >= 11 is 6.36. The van der Waals surface area contributed by atoms with Crippen molar-refractivity contribution in [1.82, 2.24) is 14.8 Å². The van der Waals surface area contributed by atoms with Crippen molar-refractivity contribution in [2.24, 2.45) is 0 Å². The van der Waals surface area contributed by atoms with Crippen LogP contribution in [0.2, 0.25) is 5.02 Å². The molecule has 4 rings (SSSR count). The molecule has 1 N–H and O–H groups in total. The first-order chi connectivity index (χ1) is 16.3. The van der Waals surface area contributed by atoms with Gasteiger partial charge in [-0.25, -0.2) is 4.39 Å². The highest BCUT2D eigenvalue weighted by atomic mass is 35.5. The first-order valence-electron chi connectivity index (χ1n) is 11.7. The zero-order valence-electron chi connectivity index (χ0n) is 19.5. The number of anilines is 1. The Kier molecular flexibility index (Phi) is 7.80. The van der Waals surface area contributed by atoms with Gasteiger partial charge in [-0.05, 0) is 62.4 Å². The average molecular weight is 489 g/mol. The summed E-state index contributed by atoms with van der Waals surface area (Å²) in [7, 11) is 0. The summed E-state index contributed by atoms with van der Waals surface area (Å²) in [6.07, 6.45) is 4.92. The lowest BCUT2D eigenvalue weighted by molar-refractivity contribution is -0.151. The predicted molar refractivity (Wildman–Crippen MR) is 128 cm³/mol. The largest absolute Gasteiger partial charge is 0.368 e. The summed E-state index contributed by atoms with van der Waals surface area (Å²) in [5.74, 6) is -0.922. The molecule has 0 spiro atoms. The lowest BCUT2D eigenvalue weighted by atomic mass is 10.0. The lowest BCUT2D eigenvalue weighted by Crippen LogP contribution is -2.56. The normalized spacial score (nSPS) is 21.4. The van der Waals surface area contributed by atoms with Crippen LogP contribution in [0, 0.1) is 12.7 Å². The zero-order chi connectivity index (χ0) is 24.2. The molecule has 0 aliphatic carbocycles. The van der Waals surface area contributed by atoms with Crippen molar-refractivity contribution in [1.29, 1.82) is 0 Å². The summed E-state index contributed by atoms with van der Waals surface area (Å²) in [6.45, 7) is 7.42. The van der Waals surface area contributed by atoms with E-state index in [9.17, 15) is 14.0 Å². The second-order valence-corrected chi connectivity index (χ2v) is 9.49. The summed E-state index contributed by atoms with van der Waals surface area (Å²) in [5, 5.41) is 3.33. The summed E-state index contributed by atoms with van der Waals surface area (Å²) in [5.41, 5.74) is 2.59. The van der Waals surface area contributed by atoms with Gasteiger partial charge in [-0.2, -0.15) is 0 Å². The number of aromatic nitrogens is 1. The van der Waals surface area contributed by atoms with E-state index in [1.807, 2.05) is 17.9 Å². The van der Waals surface area contributed by atoms with Crippen LogP contribution in [0.3, 0.4) is 0 Å². The smallest absolute Gasteiger partial charge is 0.257 e. The van der Waals surface area contributed by atoms with Crippen molar-refractivity contribution in [2.75, 3.05) is 31.6 Å². The van der Waals surface area contributed by atoms with Gasteiger partial charge in [0.05, 0.1) is 11.8 Å². The Hall–Kier alpha value is -2.55. The van der Waals surface area contributed by atoms with Gasteiger partial charge >= 0.3 is 0 Å². The second-order valence-electron chi connectivity index (χ2n) is 9.05. The number of hydrogen-bond acceptors (Lipinski definition) is 5. The molecule has 7 nitrogen and oxygen atoms in total. The molecular formula is C25H30ClFN4O3. The monoisotopic (exact) mass is 488 g/mol. The average Bonchev–Trinajstić information content (AvgIpc) is 2.82. The van der Waals surface area contributed by atoms with E-state index >= 15 is 0 Å². The van der Waals surface area contributed by atoms with Gasteiger partial charge in [0, 0.05) is 55.7 Å². The van der Waals surface area contributed by atoms with E-state index in [-0.39, 0.29) is 23.6 Å². The number of rotatable bonds is 5. The molecule has 2 aliphatic rings. The van der Waals surface area contributed by atoms with E-state index in [2.05, 4.69) is 22.1 Å². The fourth-order valence-corrected chi connectivity index (χ4v) is 4.87. The molecule has 0 saturated carbocycles. The predicted octanol–water partition coefficient (Wildman–Crippen LogP) is 4.04. The minimum absolute atomic E-state index is 0.0749.